The van der Waals surface area contributed by atoms with E-state index in [-0.39, 0.29) is 23.7 Å². The summed E-state index contributed by atoms with van der Waals surface area (Å²) in [4.78, 5) is 51.7. The quantitative estimate of drug-likeness (QED) is 0.316. The van der Waals surface area contributed by atoms with Crippen molar-refractivity contribution in [3.63, 3.8) is 0 Å². The van der Waals surface area contributed by atoms with Crippen molar-refractivity contribution in [1.29, 1.82) is 0 Å². The van der Waals surface area contributed by atoms with E-state index in [4.69, 9.17) is 0 Å². The van der Waals surface area contributed by atoms with E-state index >= 15 is 0 Å². The number of hydrogen-bond donors (Lipinski definition) is 2. The van der Waals surface area contributed by atoms with Crippen LogP contribution in [0.15, 0.2) is 84.6 Å². The Morgan fingerprint density at radius 2 is 1.68 bits per heavy atom. The molecule has 0 spiro atoms. The predicted octanol–water partition coefficient (Wildman–Crippen LogP) is 4.39. The van der Waals surface area contributed by atoms with Crippen molar-refractivity contribution in [1.82, 2.24) is 9.88 Å². The monoisotopic (exact) mass is 496 g/mol. The van der Waals surface area contributed by atoms with Gasteiger partial charge < -0.3 is 9.88 Å². The van der Waals surface area contributed by atoms with Crippen molar-refractivity contribution < 1.29 is 23.6 Å². The van der Waals surface area contributed by atoms with Gasteiger partial charge >= 0.3 is 6.03 Å². The average Bonchev–Trinajstić information content (AvgIpc) is 3.21. The second kappa shape index (κ2) is 9.54. The fourth-order valence-corrected chi connectivity index (χ4v) is 4.15. The lowest BCUT2D eigenvalue weighted by Crippen LogP contribution is -2.54. The second-order valence-corrected chi connectivity index (χ2v) is 8.58. The Labute approximate surface area is 211 Å². The highest BCUT2D eigenvalue weighted by Gasteiger charge is 2.37. The van der Waals surface area contributed by atoms with Crippen molar-refractivity contribution in [3.05, 3.63) is 102 Å². The van der Waals surface area contributed by atoms with Crippen LogP contribution >= 0.6 is 0 Å². The Balaban J connectivity index is 1.47. The Morgan fingerprint density at radius 3 is 2.41 bits per heavy atom. The number of benzene rings is 3. The van der Waals surface area contributed by atoms with Gasteiger partial charge in [-0.05, 0) is 55.5 Å². The summed E-state index contributed by atoms with van der Waals surface area (Å²) >= 11 is 0. The van der Waals surface area contributed by atoms with Gasteiger partial charge in [0.1, 0.15) is 17.9 Å². The molecule has 0 saturated carbocycles. The number of aryl methyl sites for hydroxylation is 1. The SMILES string of the molecule is Cc1ccc(NC(=O)Cn2cc(C=C3C(=O)NC(=O)N(c4ccc(F)cc4)C3=O)c3ccccc32)cc1. The molecular formula is C28H21FN4O4. The maximum atomic E-state index is 13.4. The number of hydrogen-bond acceptors (Lipinski definition) is 4. The normalized spacial score (nSPS) is 14.8. The molecule has 0 radical (unpaired) electrons. The Morgan fingerprint density at radius 1 is 0.973 bits per heavy atom. The van der Waals surface area contributed by atoms with E-state index in [1.165, 1.54) is 18.2 Å². The number of anilines is 2. The third-order valence-corrected chi connectivity index (χ3v) is 5.96. The van der Waals surface area contributed by atoms with Crippen LogP contribution in [0.1, 0.15) is 11.1 Å². The van der Waals surface area contributed by atoms with Crippen molar-refractivity contribution in [2.24, 2.45) is 0 Å². The van der Waals surface area contributed by atoms with E-state index in [1.807, 2.05) is 49.4 Å². The Hall–Kier alpha value is -5.05. The van der Waals surface area contributed by atoms with Crippen LogP contribution in [0.5, 0.6) is 0 Å². The fraction of sp³-hybridized carbons (Fsp3) is 0.0714. The number of urea groups is 1. The number of halogens is 1. The molecule has 3 aromatic carbocycles. The number of nitrogens with one attached hydrogen (secondary N) is 2. The van der Waals surface area contributed by atoms with Gasteiger partial charge in [0.25, 0.3) is 11.8 Å². The van der Waals surface area contributed by atoms with E-state index in [1.54, 1.807) is 16.8 Å². The number of barbiturate groups is 1. The van der Waals surface area contributed by atoms with Crippen LogP contribution in [0.4, 0.5) is 20.6 Å². The molecule has 2 N–H and O–H groups in total. The van der Waals surface area contributed by atoms with Gasteiger partial charge in [-0.1, -0.05) is 35.9 Å². The second-order valence-electron chi connectivity index (χ2n) is 8.58. The van der Waals surface area contributed by atoms with E-state index in [2.05, 4.69) is 10.6 Å². The molecule has 5 rings (SSSR count). The van der Waals surface area contributed by atoms with Crippen LogP contribution in [-0.4, -0.2) is 28.3 Å². The topological polar surface area (TPSA) is 101 Å². The minimum absolute atomic E-state index is 0.00209. The number of aromatic nitrogens is 1. The highest BCUT2D eigenvalue weighted by Crippen LogP contribution is 2.27. The molecule has 1 aliphatic heterocycles. The molecule has 0 aliphatic carbocycles. The van der Waals surface area contributed by atoms with Gasteiger partial charge in [-0.25, -0.2) is 14.1 Å². The molecule has 4 aromatic rings. The number of carbonyl (C=O) groups is 4. The molecule has 184 valence electrons. The number of nitrogens with zero attached hydrogens (tertiary/aromatic N) is 2. The van der Waals surface area contributed by atoms with Gasteiger partial charge in [0, 0.05) is 28.4 Å². The molecule has 1 aliphatic rings. The first-order chi connectivity index (χ1) is 17.8. The maximum Gasteiger partial charge on any atom is 0.335 e. The molecule has 0 unspecified atom stereocenters. The summed E-state index contributed by atoms with van der Waals surface area (Å²) < 4.78 is 15.1. The van der Waals surface area contributed by atoms with E-state index in [0.29, 0.717) is 16.6 Å². The molecule has 1 fully saturated rings. The minimum atomic E-state index is -0.922. The summed E-state index contributed by atoms with van der Waals surface area (Å²) in [7, 11) is 0. The van der Waals surface area contributed by atoms with Crippen LogP contribution in [-0.2, 0) is 20.9 Å². The number of carbonyl (C=O) groups excluding carboxylic acids is 4. The summed E-state index contributed by atoms with van der Waals surface area (Å²) in [6.45, 7) is 1.96. The maximum absolute atomic E-state index is 13.4. The van der Waals surface area contributed by atoms with Crippen molar-refractivity contribution in [2.45, 2.75) is 13.5 Å². The number of imide groups is 2. The third-order valence-electron chi connectivity index (χ3n) is 5.96. The molecule has 37 heavy (non-hydrogen) atoms. The van der Waals surface area contributed by atoms with Crippen molar-refractivity contribution >= 4 is 52.1 Å². The van der Waals surface area contributed by atoms with Gasteiger partial charge in [-0.15, -0.1) is 0 Å². The van der Waals surface area contributed by atoms with E-state index in [9.17, 15) is 23.6 Å². The highest BCUT2D eigenvalue weighted by atomic mass is 19.1. The lowest BCUT2D eigenvalue weighted by Gasteiger charge is -2.26. The molecule has 2 heterocycles. The molecule has 0 atom stereocenters. The summed E-state index contributed by atoms with van der Waals surface area (Å²) in [5.74, 6) is -2.46. The van der Waals surface area contributed by atoms with Gasteiger partial charge in [0.15, 0.2) is 0 Å². The minimum Gasteiger partial charge on any atom is -0.337 e. The molecule has 5 amide bonds. The van der Waals surface area contributed by atoms with Gasteiger partial charge in [-0.3, -0.25) is 19.7 Å². The standard InChI is InChI=1S/C28H21FN4O4/c1-17-6-10-20(11-7-17)30-25(34)16-32-15-18(22-4-2-3-5-24(22)32)14-23-26(35)31-28(37)33(27(23)36)21-12-8-19(29)9-13-21/h2-15H,16H2,1H3,(H,30,34)(H,31,35,37). The number of amides is 5. The summed E-state index contributed by atoms with van der Waals surface area (Å²) in [5.41, 5.74) is 2.85. The lowest BCUT2D eigenvalue weighted by atomic mass is 10.1. The molecular weight excluding hydrogens is 475 g/mol. The summed E-state index contributed by atoms with van der Waals surface area (Å²) in [5, 5.41) is 5.72. The molecule has 0 bridgehead atoms. The van der Waals surface area contributed by atoms with Gasteiger partial charge in [0.2, 0.25) is 5.91 Å². The first-order valence-electron chi connectivity index (χ1n) is 11.4. The van der Waals surface area contributed by atoms with Crippen LogP contribution in [0.25, 0.3) is 17.0 Å². The number of para-hydroxylation sites is 1. The van der Waals surface area contributed by atoms with Crippen LogP contribution in [0, 0.1) is 12.7 Å². The highest BCUT2D eigenvalue weighted by molar-refractivity contribution is 6.39. The Bertz CT molecular complexity index is 1590. The first-order valence-corrected chi connectivity index (χ1v) is 11.4. The lowest BCUT2D eigenvalue weighted by molar-refractivity contribution is -0.122. The fourth-order valence-electron chi connectivity index (χ4n) is 4.15. The zero-order chi connectivity index (χ0) is 26.1. The zero-order valence-electron chi connectivity index (χ0n) is 19.7. The Kier molecular flexibility index (Phi) is 6.10. The number of fused-ring (bicyclic) bond motifs is 1. The largest absolute Gasteiger partial charge is 0.337 e. The average molecular weight is 496 g/mol. The molecule has 1 aromatic heterocycles. The molecule has 9 heteroatoms. The van der Waals surface area contributed by atoms with Crippen LogP contribution in [0.2, 0.25) is 0 Å². The molecule has 1 saturated heterocycles. The summed E-state index contributed by atoms with van der Waals surface area (Å²) in [6, 6.07) is 18.6. The van der Waals surface area contributed by atoms with Gasteiger partial charge in [0.05, 0.1) is 5.69 Å². The van der Waals surface area contributed by atoms with Crippen molar-refractivity contribution in [3.8, 4) is 0 Å². The van der Waals surface area contributed by atoms with Crippen LogP contribution < -0.4 is 15.5 Å². The van der Waals surface area contributed by atoms with E-state index in [0.717, 1.165) is 28.1 Å². The predicted molar refractivity (Wildman–Crippen MR) is 137 cm³/mol. The summed E-state index contributed by atoms with van der Waals surface area (Å²) in [6.07, 6.45) is 3.06. The molecule has 8 nitrogen and oxygen atoms in total. The zero-order valence-corrected chi connectivity index (χ0v) is 19.7. The van der Waals surface area contributed by atoms with Crippen molar-refractivity contribution in [2.75, 3.05) is 10.2 Å². The van der Waals surface area contributed by atoms with Gasteiger partial charge in [-0.2, -0.15) is 0 Å². The first kappa shape index (κ1) is 23.7. The third kappa shape index (κ3) is 4.74. The smallest absolute Gasteiger partial charge is 0.335 e. The van der Waals surface area contributed by atoms with E-state index < -0.39 is 23.7 Å². The number of rotatable bonds is 5. The van der Waals surface area contributed by atoms with Crippen LogP contribution in [0.3, 0.4) is 0 Å².